The van der Waals surface area contributed by atoms with Crippen molar-refractivity contribution in [1.82, 2.24) is 0 Å². The molecule has 0 atom stereocenters. The average molecular weight is 227 g/mol. The highest BCUT2D eigenvalue weighted by Gasteiger charge is 2.04. The molecule has 0 aliphatic rings. The smallest absolute Gasteiger partial charge is 0.303 e. The Bertz CT molecular complexity index is 357. The Balaban J connectivity index is 2.64. The molecule has 0 fully saturated rings. The monoisotopic (exact) mass is 226 g/mol. The first-order chi connectivity index (χ1) is 7.13. The molecule has 0 aliphatic heterocycles. The van der Waals surface area contributed by atoms with E-state index in [1.165, 1.54) is 0 Å². The molecule has 0 heterocycles. The molecule has 0 radical (unpaired) electrons. The summed E-state index contributed by atoms with van der Waals surface area (Å²) in [5, 5.41) is 8.48. The third-order valence-electron chi connectivity index (χ3n) is 2.02. The number of aryl methyl sites for hydroxylation is 1. The fourth-order valence-electron chi connectivity index (χ4n) is 1.19. The van der Waals surface area contributed by atoms with E-state index in [1.807, 2.05) is 0 Å². The molecule has 15 heavy (non-hydrogen) atoms. The Kier molecular flexibility index (Phi) is 4.31. The highest BCUT2D eigenvalue weighted by Crippen LogP contribution is 2.08. The highest BCUT2D eigenvalue weighted by molar-refractivity contribution is 6.30. The van der Waals surface area contributed by atoms with Crippen molar-refractivity contribution in [2.75, 3.05) is 5.88 Å². The molecule has 1 aromatic carbocycles. The second kappa shape index (κ2) is 5.51. The molecule has 1 aromatic rings. The minimum Gasteiger partial charge on any atom is -0.481 e. The van der Waals surface area contributed by atoms with Crippen LogP contribution in [0.15, 0.2) is 24.3 Å². The molecule has 3 nitrogen and oxygen atoms in total. The van der Waals surface area contributed by atoms with Crippen molar-refractivity contribution in [2.45, 2.75) is 12.8 Å². The van der Waals surface area contributed by atoms with E-state index in [4.69, 9.17) is 16.7 Å². The van der Waals surface area contributed by atoms with E-state index >= 15 is 0 Å². The number of rotatable bonds is 5. The Morgan fingerprint density at radius 2 is 1.80 bits per heavy atom. The van der Waals surface area contributed by atoms with Gasteiger partial charge in [-0.05, 0) is 12.0 Å². The van der Waals surface area contributed by atoms with E-state index in [2.05, 4.69) is 0 Å². The zero-order valence-electron chi connectivity index (χ0n) is 8.07. The summed E-state index contributed by atoms with van der Waals surface area (Å²) in [7, 11) is 0. The predicted octanol–water partition coefficient (Wildman–Crippen LogP) is 2.13. The molecule has 0 spiro atoms. The molecule has 0 amide bonds. The number of Topliss-reactive ketones (excluding diaryl/α,β-unsaturated/α-hetero) is 1. The number of benzene rings is 1. The lowest BCUT2D eigenvalue weighted by atomic mass is 10.1. The molecule has 0 saturated carbocycles. The van der Waals surface area contributed by atoms with Crippen LogP contribution in [0.3, 0.4) is 0 Å². The number of alkyl halides is 1. The normalized spacial score (nSPS) is 9.93. The van der Waals surface area contributed by atoms with Crippen molar-refractivity contribution >= 4 is 23.4 Å². The summed E-state index contributed by atoms with van der Waals surface area (Å²) in [5.74, 6) is -0.980. The van der Waals surface area contributed by atoms with Gasteiger partial charge in [0.15, 0.2) is 5.78 Å². The van der Waals surface area contributed by atoms with E-state index in [-0.39, 0.29) is 18.1 Å². The summed E-state index contributed by atoms with van der Waals surface area (Å²) in [4.78, 5) is 21.5. The molecule has 0 aromatic heterocycles. The first kappa shape index (κ1) is 11.7. The first-order valence-corrected chi connectivity index (χ1v) is 5.07. The molecule has 0 saturated heterocycles. The fraction of sp³-hybridized carbons (Fsp3) is 0.273. The molecule has 4 heteroatoms. The third kappa shape index (κ3) is 3.72. The molecule has 0 unspecified atom stereocenters. The Hall–Kier alpha value is -1.35. The number of carbonyl (C=O) groups excluding carboxylic acids is 1. The lowest BCUT2D eigenvalue weighted by Gasteiger charge is -2.00. The summed E-state index contributed by atoms with van der Waals surface area (Å²) in [6.45, 7) is 0. The predicted molar refractivity (Wildman–Crippen MR) is 57.4 cm³/mol. The van der Waals surface area contributed by atoms with E-state index in [0.29, 0.717) is 12.0 Å². The van der Waals surface area contributed by atoms with Gasteiger partial charge in [0.05, 0.1) is 5.88 Å². The summed E-state index contributed by atoms with van der Waals surface area (Å²) >= 11 is 5.40. The van der Waals surface area contributed by atoms with E-state index in [1.54, 1.807) is 24.3 Å². The number of carboxylic acid groups (broad SMARTS) is 1. The summed E-state index contributed by atoms with van der Waals surface area (Å²) in [6.07, 6.45) is 0.577. The number of ketones is 1. The highest BCUT2D eigenvalue weighted by atomic mass is 35.5. The molecule has 80 valence electrons. The zero-order valence-corrected chi connectivity index (χ0v) is 8.83. The molecular weight excluding hydrogens is 216 g/mol. The lowest BCUT2D eigenvalue weighted by molar-refractivity contribution is -0.136. The van der Waals surface area contributed by atoms with Crippen molar-refractivity contribution in [2.24, 2.45) is 0 Å². The Morgan fingerprint density at radius 3 is 2.27 bits per heavy atom. The van der Waals surface area contributed by atoms with Gasteiger partial charge >= 0.3 is 5.97 Å². The van der Waals surface area contributed by atoms with Gasteiger partial charge in [0, 0.05) is 12.0 Å². The first-order valence-electron chi connectivity index (χ1n) is 4.53. The SMILES string of the molecule is O=C(O)CCc1ccc(C(=O)CCl)cc1. The van der Waals surface area contributed by atoms with Crippen LogP contribution in [0, 0.1) is 0 Å². The van der Waals surface area contributed by atoms with Gasteiger partial charge in [-0.25, -0.2) is 0 Å². The van der Waals surface area contributed by atoms with Crippen LogP contribution in [0.1, 0.15) is 22.3 Å². The fourth-order valence-corrected chi connectivity index (χ4v) is 1.34. The number of carboxylic acids is 1. The zero-order chi connectivity index (χ0) is 11.3. The van der Waals surface area contributed by atoms with Crippen molar-refractivity contribution in [3.63, 3.8) is 0 Å². The molecule has 1 rings (SSSR count). The Labute approximate surface area is 92.7 Å². The van der Waals surface area contributed by atoms with Crippen LogP contribution in [0.2, 0.25) is 0 Å². The minimum absolute atomic E-state index is 0.0333. The molecule has 1 N–H and O–H groups in total. The standard InChI is InChI=1S/C11H11ClO3/c12-7-10(13)9-4-1-8(2-5-9)3-6-11(14)15/h1-2,4-5H,3,6-7H2,(H,14,15). The van der Waals surface area contributed by atoms with Gasteiger partial charge in [-0.15, -0.1) is 11.6 Å². The maximum Gasteiger partial charge on any atom is 0.303 e. The summed E-state index contributed by atoms with van der Waals surface area (Å²) in [5.41, 5.74) is 1.47. The molecular formula is C11H11ClO3. The van der Waals surface area contributed by atoms with E-state index < -0.39 is 5.97 Å². The van der Waals surface area contributed by atoms with Gasteiger partial charge in [-0.2, -0.15) is 0 Å². The number of hydrogen-bond donors (Lipinski definition) is 1. The molecule has 0 bridgehead atoms. The summed E-state index contributed by atoms with van der Waals surface area (Å²) < 4.78 is 0. The van der Waals surface area contributed by atoms with Gasteiger partial charge in [0.1, 0.15) is 0 Å². The van der Waals surface area contributed by atoms with Gasteiger partial charge in [0.25, 0.3) is 0 Å². The minimum atomic E-state index is -0.823. The number of hydrogen-bond acceptors (Lipinski definition) is 2. The van der Waals surface area contributed by atoms with Crippen LogP contribution < -0.4 is 0 Å². The van der Waals surface area contributed by atoms with Crippen molar-refractivity contribution < 1.29 is 14.7 Å². The second-order valence-corrected chi connectivity index (χ2v) is 3.41. The van der Waals surface area contributed by atoms with Gasteiger partial charge in [-0.1, -0.05) is 24.3 Å². The van der Waals surface area contributed by atoms with Gasteiger partial charge < -0.3 is 5.11 Å². The van der Waals surface area contributed by atoms with Crippen molar-refractivity contribution in [3.05, 3.63) is 35.4 Å². The lowest BCUT2D eigenvalue weighted by Crippen LogP contribution is -2.01. The van der Waals surface area contributed by atoms with Gasteiger partial charge in [0.2, 0.25) is 0 Å². The van der Waals surface area contributed by atoms with E-state index in [9.17, 15) is 9.59 Å². The van der Waals surface area contributed by atoms with Crippen LogP contribution in [0.5, 0.6) is 0 Å². The maximum atomic E-state index is 11.2. The number of carbonyl (C=O) groups is 2. The van der Waals surface area contributed by atoms with Crippen LogP contribution in [0.25, 0.3) is 0 Å². The summed E-state index contributed by atoms with van der Waals surface area (Å²) in [6, 6.07) is 6.84. The number of halogens is 1. The van der Waals surface area contributed by atoms with Crippen LogP contribution in [-0.2, 0) is 11.2 Å². The van der Waals surface area contributed by atoms with E-state index in [0.717, 1.165) is 5.56 Å². The largest absolute Gasteiger partial charge is 0.481 e. The van der Waals surface area contributed by atoms with Crippen LogP contribution in [0.4, 0.5) is 0 Å². The topological polar surface area (TPSA) is 54.4 Å². The van der Waals surface area contributed by atoms with Crippen LogP contribution >= 0.6 is 11.6 Å². The quantitative estimate of drug-likeness (QED) is 0.618. The third-order valence-corrected chi connectivity index (χ3v) is 2.27. The maximum absolute atomic E-state index is 11.2. The Morgan fingerprint density at radius 1 is 1.20 bits per heavy atom. The number of aliphatic carboxylic acids is 1. The average Bonchev–Trinajstić information content (AvgIpc) is 2.26. The van der Waals surface area contributed by atoms with Gasteiger partial charge in [-0.3, -0.25) is 9.59 Å². The van der Waals surface area contributed by atoms with Crippen molar-refractivity contribution in [3.8, 4) is 0 Å². The second-order valence-electron chi connectivity index (χ2n) is 3.15. The van der Waals surface area contributed by atoms with Crippen LogP contribution in [-0.4, -0.2) is 22.7 Å². The molecule has 0 aliphatic carbocycles. The van der Waals surface area contributed by atoms with Crippen molar-refractivity contribution in [1.29, 1.82) is 0 Å².